The van der Waals surface area contributed by atoms with Gasteiger partial charge in [0.25, 0.3) is 0 Å². The molecule has 4 nitrogen and oxygen atoms in total. The number of halogens is 2. The van der Waals surface area contributed by atoms with E-state index in [9.17, 15) is 18.7 Å². The third kappa shape index (κ3) is 3.67. The first kappa shape index (κ1) is 15.6. The lowest BCUT2D eigenvalue weighted by Crippen LogP contribution is -2.45. The van der Waals surface area contributed by atoms with Crippen molar-refractivity contribution in [1.82, 2.24) is 9.80 Å². The molecule has 6 heteroatoms. The highest BCUT2D eigenvalue weighted by Crippen LogP contribution is 2.37. The fraction of sp³-hybridized carbons (Fsp3) is 0.929. The second-order valence-electron chi connectivity index (χ2n) is 6.60. The van der Waals surface area contributed by atoms with Crippen molar-refractivity contribution in [2.45, 2.75) is 43.6 Å². The molecule has 1 saturated carbocycles. The van der Waals surface area contributed by atoms with E-state index in [1.807, 2.05) is 19.0 Å². The highest BCUT2D eigenvalue weighted by atomic mass is 19.3. The van der Waals surface area contributed by atoms with Gasteiger partial charge in [-0.05, 0) is 33.4 Å². The number of rotatable bonds is 3. The third-order valence-electron chi connectivity index (χ3n) is 4.32. The summed E-state index contributed by atoms with van der Waals surface area (Å²) >= 11 is 0. The number of likely N-dealkylation sites (tertiary alicyclic amines) is 1. The van der Waals surface area contributed by atoms with Crippen LogP contribution in [0.25, 0.3) is 0 Å². The van der Waals surface area contributed by atoms with E-state index in [0.717, 1.165) is 0 Å². The van der Waals surface area contributed by atoms with E-state index >= 15 is 0 Å². The SMILES string of the molecule is CN(C)C[C@]1(O)CCN(C(=O)C2CCC(F)(F)CC2)C1. The molecule has 1 atom stereocenters. The van der Waals surface area contributed by atoms with Crippen molar-refractivity contribution in [3.8, 4) is 0 Å². The molecule has 2 fully saturated rings. The highest BCUT2D eigenvalue weighted by molar-refractivity contribution is 5.79. The maximum Gasteiger partial charge on any atom is 0.248 e. The molecule has 2 rings (SSSR count). The van der Waals surface area contributed by atoms with Gasteiger partial charge in [-0.25, -0.2) is 8.78 Å². The van der Waals surface area contributed by atoms with E-state index in [2.05, 4.69) is 0 Å². The topological polar surface area (TPSA) is 43.8 Å². The summed E-state index contributed by atoms with van der Waals surface area (Å²) in [7, 11) is 3.76. The number of hydrogen-bond acceptors (Lipinski definition) is 3. The molecule has 20 heavy (non-hydrogen) atoms. The third-order valence-corrected chi connectivity index (χ3v) is 4.32. The van der Waals surface area contributed by atoms with Gasteiger partial charge in [0.1, 0.15) is 0 Å². The summed E-state index contributed by atoms with van der Waals surface area (Å²) in [5.41, 5.74) is -0.863. The zero-order valence-corrected chi connectivity index (χ0v) is 12.2. The number of alkyl halides is 2. The van der Waals surface area contributed by atoms with Crippen LogP contribution in [-0.4, -0.2) is 66.1 Å². The summed E-state index contributed by atoms with van der Waals surface area (Å²) in [6, 6.07) is 0. The van der Waals surface area contributed by atoms with Crippen LogP contribution in [0.2, 0.25) is 0 Å². The average Bonchev–Trinajstić information content (AvgIpc) is 2.69. The van der Waals surface area contributed by atoms with Gasteiger partial charge >= 0.3 is 0 Å². The lowest BCUT2D eigenvalue weighted by Gasteiger charge is -2.31. The lowest BCUT2D eigenvalue weighted by atomic mass is 9.86. The second-order valence-corrected chi connectivity index (χ2v) is 6.60. The minimum atomic E-state index is -2.60. The number of hydrogen-bond donors (Lipinski definition) is 1. The van der Waals surface area contributed by atoms with E-state index in [1.165, 1.54) is 0 Å². The molecule has 0 spiro atoms. The molecule has 0 bridgehead atoms. The van der Waals surface area contributed by atoms with Gasteiger partial charge < -0.3 is 14.9 Å². The number of β-amino-alcohol motifs (C(OH)–C–C–N with tert-alkyl or cyclic N) is 1. The van der Waals surface area contributed by atoms with Gasteiger partial charge in [-0.2, -0.15) is 0 Å². The van der Waals surface area contributed by atoms with Gasteiger partial charge in [0.2, 0.25) is 11.8 Å². The Hall–Kier alpha value is -0.750. The molecular formula is C14H24F2N2O2. The molecule has 0 aromatic carbocycles. The molecule has 0 unspecified atom stereocenters. The molecule has 1 aliphatic carbocycles. The van der Waals surface area contributed by atoms with E-state index in [-0.39, 0.29) is 37.5 Å². The average molecular weight is 290 g/mol. The highest BCUT2D eigenvalue weighted by Gasteiger charge is 2.43. The van der Waals surface area contributed by atoms with Crippen LogP contribution in [-0.2, 0) is 4.79 Å². The van der Waals surface area contributed by atoms with Crippen molar-refractivity contribution in [2.75, 3.05) is 33.7 Å². The number of carbonyl (C=O) groups is 1. The molecule has 0 radical (unpaired) electrons. The van der Waals surface area contributed by atoms with Gasteiger partial charge in [-0.15, -0.1) is 0 Å². The molecule has 1 aliphatic heterocycles. The monoisotopic (exact) mass is 290 g/mol. The summed E-state index contributed by atoms with van der Waals surface area (Å²) < 4.78 is 26.2. The molecule has 0 aromatic rings. The number of aliphatic hydroxyl groups is 1. The zero-order chi connectivity index (χ0) is 15.0. The standard InChI is InChI=1S/C14H24F2N2O2/c1-17(2)9-13(20)7-8-18(10-13)12(19)11-3-5-14(15,16)6-4-11/h11,20H,3-10H2,1-2H3/t13-/m1/s1. The van der Waals surface area contributed by atoms with Crippen LogP contribution in [0.15, 0.2) is 0 Å². The van der Waals surface area contributed by atoms with Crippen LogP contribution in [0, 0.1) is 5.92 Å². The molecular weight excluding hydrogens is 266 g/mol. The lowest BCUT2D eigenvalue weighted by molar-refractivity contribution is -0.139. The molecule has 1 saturated heterocycles. The van der Waals surface area contributed by atoms with Crippen LogP contribution in [0.3, 0.4) is 0 Å². The molecule has 2 aliphatic rings. The first-order chi connectivity index (χ1) is 9.21. The number of amides is 1. The van der Waals surface area contributed by atoms with Crippen LogP contribution >= 0.6 is 0 Å². The Morgan fingerprint density at radius 3 is 2.45 bits per heavy atom. The Morgan fingerprint density at radius 1 is 1.30 bits per heavy atom. The van der Waals surface area contributed by atoms with E-state index in [0.29, 0.717) is 26.1 Å². The summed E-state index contributed by atoms with van der Waals surface area (Å²) in [5.74, 6) is -2.96. The maximum atomic E-state index is 13.1. The molecule has 116 valence electrons. The largest absolute Gasteiger partial charge is 0.387 e. The van der Waals surface area contributed by atoms with Crippen LogP contribution in [0.5, 0.6) is 0 Å². The molecule has 1 heterocycles. The molecule has 1 N–H and O–H groups in total. The summed E-state index contributed by atoms with van der Waals surface area (Å²) in [6.45, 7) is 1.35. The van der Waals surface area contributed by atoms with Gasteiger partial charge in [0.15, 0.2) is 0 Å². The van der Waals surface area contributed by atoms with Gasteiger partial charge in [0.05, 0.1) is 12.1 Å². The van der Waals surface area contributed by atoms with Gasteiger partial charge in [0, 0.05) is 31.8 Å². The Balaban J connectivity index is 1.89. The fourth-order valence-electron chi connectivity index (χ4n) is 3.31. The summed E-state index contributed by atoms with van der Waals surface area (Å²) in [6.07, 6.45) is 0.682. The van der Waals surface area contributed by atoms with E-state index in [4.69, 9.17) is 0 Å². The van der Waals surface area contributed by atoms with Crippen molar-refractivity contribution in [3.63, 3.8) is 0 Å². The Bertz CT molecular complexity index is 366. The van der Waals surface area contributed by atoms with Crippen LogP contribution < -0.4 is 0 Å². The fourth-order valence-corrected chi connectivity index (χ4v) is 3.31. The predicted molar refractivity (Wildman–Crippen MR) is 71.6 cm³/mol. The van der Waals surface area contributed by atoms with Crippen LogP contribution in [0.4, 0.5) is 8.78 Å². The Morgan fingerprint density at radius 2 is 1.90 bits per heavy atom. The number of nitrogens with zero attached hydrogens (tertiary/aromatic N) is 2. The smallest absolute Gasteiger partial charge is 0.248 e. The quantitative estimate of drug-likeness (QED) is 0.853. The first-order valence-corrected chi connectivity index (χ1v) is 7.25. The van der Waals surface area contributed by atoms with E-state index < -0.39 is 11.5 Å². The second kappa shape index (κ2) is 5.56. The van der Waals surface area contributed by atoms with Crippen molar-refractivity contribution in [2.24, 2.45) is 5.92 Å². The van der Waals surface area contributed by atoms with Gasteiger partial charge in [-0.1, -0.05) is 0 Å². The molecule has 0 aromatic heterocycles. The predicted octanol–water partition coefficient (Wildman–Crippen LogP) is 1.34. The van der Waals surface area contributed by atoms with Crippen molar-refractivity contribution in [1.29, 1.82) is 0 Å². The van der Waals surface area contributed by atoms with E-state index in [1.54, 1.807) is 4.90 Å². The van der Waals surface area contributed by atoms with Crippen molar-refractivity contribution < 1.29 is 18.7 Å². The minimum absolute atomic E-state index is 0.0600. The minimum Gasteiger partial charge on any atom is -0.387 e. The molecule has 1 amide bonds. The maximum absolute atomic E-state index is 13.1. The first-order valence-electron chi connectivity index (χ1n) is 7.25. The Labute approximate surface area is 118 Å². The van der Waals surface area contributed by atoms with Crippen molar-refractivity contribution in [3.05, 3.63) is 0 Å². The normalized spacial score (nSPS) is 31.0. The number of likely N-dealkylation sites (N-methyl/N-ethyl adjacent to an activating group) is 1. The summed E-state index contributed by atoms with van der Waals surface area (Å²) in [5, 5.41) is 10.4. The zero-order valence-electron chi connectivity index (χ0n) is 12.2. The van der Waals surface area contributed by atoms with Crippen LogP contribution in [0.1, 0.15) is 32.1 Å². The van der Waals surface area contributed by atoms with Gasteiger partial charge in [-0.3, -0.25) is 4.79 Å². The number of carbonyl (C=O) groups excluding carboxylic acids is 1. The van der Waals surface area contributed by atoms with Crippen molar-refractivity contribution >= 4 is 5.91 Å². The summed E-state index contributed by atoms with van der Waals surface area (Å²) in [4.78, 5) is 15.9. The Kier molecular flexibility index (Phi) is 4.35.